The van der Waals surface area contributed by atoms with E-state index in [9.17, 15) is 24.6 Å². The Balaban J connectivity index is 2.63. The lowest BCUT2D eigenvalue weighted by molar-refractivity contribution is -0.156. The van der Waals surface area contributed by atoms with Crippen LogP contribution in [0.15, 0.2) is 32.2 Å². The van der Waals surface area contributed by atoms with E-state index in [2.05, 4.69) is 14.1 Å². The summed E-state index contributed by atoms with van der Waals surface area (Å²) in [6.45, 7) is 0. The predicted molar refractivity (Wildman–Crippen MR) is 66.1 cm³/mol. The van der Waals surface area contributed by atoms with Crippen molar-refractivity contribution in [1.82, 2.24) is 4.98 Å². The van der Waals surface area contributed by atoms with Crippen molar-refractivity contribution >= 4 is 16.9 Å². The molecule has 0 saturated heterocycles. The number of aliphatic hydroxyl groups is 2. The Morgan fingerprint density at radius 3 is 2.70 bits per heavy atom. The highest BCUT2D eigenvalue weighted by atomic mass is 16.5. The van der Waals surface area contributed by atoms with Crippen molar-refractivity contribution in [3.63, 3.8) is 0 Å². The second-order valence-corrected chi connectivity index (χ2v) is 3.98. The minimum atomic E-state index is -1.86. The first-order valence-corrected chi connectivity index (χ1v) is 5.55. The summed E-state index contributed by atoms with van der Waals surface area (Å²) in [6, 6.07) is 4.20. The highest BCUT2D eigenvalue weighted by molar-refractivity contribution is 5.83. The third-order valence-corrected chi connectivity index (χ3v) is 2.78. The number of benzene rings is 1. The number of aromatic nitrogens is 1. The van der Waals surface area contributed by atoms with E-state index in [4.69, 9.17) is 0 Å². The first kappa shape index (κ1) is 14.0. The number of methoxy groups -OCH3 is 1. The van der Waals surface area contributed by atoms with Crippen LogP contribution >= 0.6 is 0 Å². The number of ether oxygens (including phenoxy) is 1. The zero-order valence-corrected chi connectivity index (χ0v) is 10.3. The topological polar surface area (TPSA) is 130 Å². The molecular formula is C12H11NO7. The number of aliphatic hydroxyl groups excluding tert-OH is 2. The van der Waals surface area contributed by atoms with Gasteiger partial charge in [0, 0.05) is 5.56 Å². The van der Waals surface area contributed by atoms with E-state index in [1.165, 1.54) is 18.2 Å². The zero-order chi connectivity index (χ0) is 14.9. The average Bonchev–Trinajstić information content (AvgIpc) is 2.43. The SMILES string of the molecule is COC(=O)C(O)C(O)c1cccc2[nH]c(=O)oc(=O)c12. The van der Waals surface area contributed by atoms with Crippen LogP contribution in [0.25, 0.3) is 10.9 Å². The fraction of sp³-hybridized carbons (Fsp3) is 0.250. The minimum absolute atomic E-state index is 0.0506. The summed E-state index contributed by atoms with van der Waals surface area (Å²) < 4.78 is 8.68. The van der Waals surface area contributed by atoms with Crippen LogP contribution < -0.4 is 11.4 Å². The largest absolute Gasteiger partial charge is 0.467 e. The maximum atomic E-state index is 11.7. The fourth-order valence-corrected chi connectivity index (χ4v) is 1.84. The zero-order valence-electron chi connectivity index (χ0n) is 10.3. The van der Waals surface area contributed by atoms with Gasteiger partial charge in [-0.1, -0.05) is 12.1 Å². The Bertz CT molecular complexity index is 760. The summed E-state index contributed by atoms with van der Waals surface area (Å²) in [5.41, 5.74) is -0.902. The molecular weight excluding hydrogens is 270 g/mol. The summed E-state index contributed by atoms with van der Waals surface area (Å²) in [5.74, 6) is -1.99. The third-order valence-electron chi connectivity index (χ3n) is 2.78. The smallest absolute Gasteiger partial charge is 0.419 e. The molecule has 0 aliphatic carbocycles. The van der Waals surface area contributed by atoms with Crippen LogP contribution in [0.1, 0.15) is 11.7 Å². The van der Waals surface area contributed by atoms with Gasteiger partial charge in [0.1, 0.15) is 6.10 Å². The summed E-state index contributed by atoms with van der Waals surface area (Å²) in [5, 5.41) is 19.5. The number of nitrogens with one attached hydrogen (secondary N) is 1. The van der Waals surface area contributed by atoms with Crippen LogP contribution in [0.2, 0.25) is 0 Å². The number of aromatic amines is 1. The monoisotopic (exact) mass is 281 g/mol. The number of fused-ring (bicyclic) bond motifs is 1. The molecule has 2 rings (SSSR count). The van der Waals surface area contributed by atoms with E-state index >= 15 is 0 Å². The molecule has 106 valence electrons. The molecule has 8 nitrogen and oxygen atoms in total. The number of esters is 1. The van der Waals surface area contributed by atoms with Gasteiger partial charge in [0.2, 0.25) is 0 Å². The van der Waals surface area contributed by atoms with Crippen molar-refractivity contribution in [2.75, 3.05) is 7.11 Å². The van der Waals surface area contributed by atoms with E-state index in [0.29, 0.717) is 0 Å². The Labute approximate surface area is 111 Å². The molecule has 2 aromatic rings. The van der Waals surface area contributed by atoms with E-state index in [0.717, 1.165) is 7.11 Å². The Hall–Kier alpha value is -2.45. The van der Waals surface area contributed by atoms with Gasteiger partial charge in [0.25, 0.3) is 0 Å². The Kier molecular flexibility index (Phi) is 3.68. The summed E-state index contributed by atoms with van der Waals surface area (Å²) in [4.78, 5) is 36.2. The number of hydrogen-bond donors (Lipinski definition) is 3. The van der Waals surface area contributed by atoms with Gasteiger partial charge in [0.15, 0.2) is 6.10 Å². The van der Waals surface area contributed by atoms with Crippen molar-refractivity contribution in [3.05, 3.63) is 44.7 Å². The van der Waals surface area contributed by atoms with Crippen molar-refractivity contribution in [1.29, 1.82) is 0 Å². The average molecular weight is 281 g/mol. The highest BCUT2D eigenvalue weighted by Crippen LogP contribution is 2.23. The molecule has 0 saturated carbocycles. The molecule has 2 unspecified atom stereocenters. The van der Waals surface area contributed by atoms with Crippen LogP contribution in [0.3, 0.4) is 0 Å². The lowest BCUT2D eigenvalue weighted by Crippen LogP contribution is -2.30. The van der Waals surface area contributed by atoms with Crippen molar-refractivity contribution in [2.45, 2.75) is 12.2 Å². The molecule has 8 heteroatoms. The van der Waals surface area contributed by atoms with Gasteiger partial charge in [-0.15, -0.1) is 0 Å². The lowest BCUT2D eigenvalue weighted by atomic mass is 10.0. The molecule has 20 heavy (non-hydrogen) atoms. The Morgan fingerprint density at radius 2 is 2.05 bits per heavy atom. The molecule has 1 heterocycles. The van der Waals surface area contributed by atoms with Gasteiger partial charge >= 0.3 is 17.4 Å². The molecule has 0 aliphatic rings. The van der Waals surface area contributed by atoms with Gasteiger partial charge in [-0.25, -0.2) is 14.4 Å². The first-order chi connectivity index (χ1) is 9.45. The van der Waals surface area contributed by atoms with Crippen LogP contribution in [-0.4, -0.2) is 34.4 Å². The standard InChI is InChI=1S/C12H11NO7/c1-19-11(17)9(15)8(14)5-3-2-4-6-7(5)10(16)20-12(18)13-6/h2-4,8-9,14-15H,1H3,(H,13,18). The maximum Gasteiger partial charge on any atom is 0.419 e. The number of rotatable bonds is 3. The lowest BCUT2D eigenvalue weighted by Gasteiger charge is -2.16. The molecule has 0 radical (unpaired) electrons. The first-order valence-electron chi connectivity index (χ1n) is 5.55. The fourth-order valence-electron chi connectivity index (χ4n) is 1.84. The van der Waals surface area contributed by atoms with E-state index in [-0.39, 0.29) is 16.5 Å². The predicted octanol–water partition coefficient (Wildman–Crippen LogP) is -0.951. The second kappa shape index (κ2) is 5.27. The molecule has 0 spiro atoms. The van der Waals surface area contributed by atoms with Crippen molar-refractivity contribution < 1.29 is 24.2 Å². The van der Waals surface area contributed by atoms with Crippen molar-refractivity contribution in [2.24, 2.45) is 0 Å². The Morgan fingerprint density at radius 1 is 1.35 bits per heavy atom. The highest BCUT2D eigenvalue weighted by Gasteiger charge is 2.28. The van der Waals surface area contributed by atoms with E-state index in [1.807, 2.05) is 0 Å². The molecule has 0 amide bonds. The van der Waals surface area contributed by atoms with Gasteiger partial charge in [-0.05, 0) is 6.07 Å². The van der Waals surface area contributed by atoms with Gasteiger partial charge in [0.05, 0.1) is 18.0 Å². The molecule has 3 N–H and O–H groups in total. The molecule has 1 aromatic heterocycles. The number of H-pyrrole nitrogens is 1. The summed E-state index contributed by atoms with van der Waals surface area (Å²) in [6.07, 6.45) is -3.56. The second-order valence-electron chi connectivity index (χ2n) is 3.98. The van der Waals surface area contributed by atoms with Crippen LogP contribution in [-0.2, 0) is 9.53 Å². The summed E-state index contributed by atoms with van der Waals surface area (Å²) >= 11 is 0. The van der Waals surface area contributed by atoms with Gasteiger partial charge in [-0.2, -0.15) is 0 Å². The van der Waals surface area contributed by atoms with Crippen LogP contribution in [0, 0.1) is 0 Å². The van der Waals surface area contributed by atoms with Gasteiger partial charge < -0.3 is 19.4 Å². The van der Waals surface area contributed by atoms with Crippen LogP contribution in [0.4, 0.5) is 0 Å². The third kappa shape index (κ3) is 2.33. The normalized spacial score (nSPS) is 13.9. The molecule has 1 aromatic carbocycles. The molecule has 2 atom stereocenters. The van der Waals surface area contributed by atoms with Crippen molar-refractivity contribution in [3.8, 4) is 0 Å². The molecule has 0 aliphatic heterocycles. The molecule has 0 fully saturated rings. The number of carbonyl (C=O) groups excluding carboxylic acids is 1. The summed E-state index contributed by atoms with van der Waals surface area (Å²) in [7, 11) is 1.05. The number of hydrogen-bond acceptors (Lipinski definition) is 7. The van der Waals surface area contributed by atoms with Crippen LogP contribution in [0.5, 0.6) is 0 Å². The maximum absolute atomic E-state index is 11.7. The minimum Gasteiger partial charge on any atom is -0.467 e. The van der Waals surface area contributed by atoms with E-state index < -0.39 is 29.6 Å². The van der Waals surface area contributed by atoms with E-state index in [1.54, 1.807) is 0 Å². The molecule has 0 bridgehead atoms. The quantitative estimate of drug-likeness (QED) is 0.618. The number of carbonyl (C=O) groups is 1. The van der Waals surface area contributed by atoms with Gasteiger partial charge in [-0.3, -0.25) is 4.98 Å².